The highest BCUT2D eigenvalue weighted by Gasteiger charge is 2.32. The molecule has 0 amide bonds. The predicted octanol–water partition coefficient (Wildman–Crippen LogP) is 11.4. The lowest BCUT2D eigenvalue weighted by Crippen LogP contribution is -2.22. The van der Waals surface area contributed by atoms with E-state index < -0.39 is 22.6 Å². The highest BCUT2D eigenvalue weighted by Crippen LogP contribution is 2.44. The second-order valence-electron chi connectivity index (χ2n) is 13.3. The van der Waals surface area contributed by atoms with E-state index in [1.54, 1.807) is 6.07 Å². The van der Waals surface area contributed by atoms with Gasteiger partial charge in [-0.3, -0.25) is 0 Å². The van der Waals surface area contributed by atoms with Crippen LogP contribution in [-0.4, -0.2) is 29.8 Å². The Morgan fingerprint density at radius 3 is 1.38 bits per heavy atom. The van der Waals surface area contributed by atoms with Crippen LogP contribution in [0.1, 0.15) is 172 Å². The predicted molar refractivity (Wildman–Crippen MR) is 199 cm³/mol. The van der Waals surface area contributed by atoms with Gasteiger partial charge in [0.05, 0.1) is 0 Å². The van der Waals surface area contributed by atoms with Crippen LogP contribution in [0.5, 0.6) is 11.5 Å². The van der Waals surface area contributed by atoms with E-state index in [2.05, 4.69) is 38.1 Å². The maximum atomic E-state index is 11.2. The fourth-order valence-electron chi connectivity index (χ4n) is 6.51. The molecule has 2 aromatic carbocycles. The number of unbranched alkanes of at least 4 members (excludes halogenated alkanes) is 17. The molecule has 6 N–H and O–H groups in total. The van der Waals surface area contributed by atoms with Crippen molar-refractivity contribution in [1.82, 2.24) is 0 Å². The first-order valence-corrected chi connectivity index (χ1v) is 20.6. The minimum absolute atomic E-state index is 0.307. The smallest absolute Gasteiger partial charge is 0.334 e. The van der Waals surface area contributed by atoms with Crippen molar-refractivity contribution in [3.63, 3.8) is 0 Å². The Morgan fingerprint density at radius 1 is 0.532 bits per heavy atom. The van der Waals surface area contributed by atoms with Gasteiger partial charge in [0.1, 0.15) is 11.5 Å². The summed E-state index contributed by atoms with van der Waals surface area (Å²) in [6.45, 7) is 8.87. The number of para-hydroxylation sites is 1. The Bertz CT molecular complexity index is 1060. The van der Waals surface area contributed by atoms with E-state index in [-0.39, 0.29) is 0 Å². The zero-order valence-corrected chi connectivity index (χ0v) is 31.6. The van der Waals surface area contributed by atoms with Crippen LogP contribution in [-0.2, 0) is 22.6 Å². The Morgan fingerprint density at radius 2 is 0.957 bits per heavy atom. The lowest BCUT2D eigenvalue weighted by atomic mass is 9.73. The second kappa shape index (κ2) is 26.6. The molecule has 0 aromatic heterocycles. The number of hydrogen-bond acceptors (Lipinski definition) is 7. The molecule has 0 aliphatic rings. The Balaban J connectivity index is 0.00000141. The Kier molecular flexibility index (Phi) is 24.7. The number of benzene rings is 2. The summed E-state index contributed by atoms with van der Waals surface area (Å²) in [6, 6.07) is 11.7. The van der Waals surface area contributed by atoms with Gasteiger partial charge in [0.15, 0.2) is 0 Å². The van der Waals surface area contributed by atoms with Crippen molar-refractivity contribution in [2.75, 3.05) is 0 Å². The van der Waals surface area contributed by atoms with Crippen molar-refractivity contribution in [1.29, 1.82) is 0 Å². The summed E-state index contributed by atoms with van der Waals surface area (Å²) in [5.41, 5.74) is 4.15. The van der Waals surface area contributed by atoms with Crippen LogP contribution in [0.25, 0.3) is 0 Å². The molecule has 0 spiro atoms. The van der Waals surface area contributed by atoms with Crippen LogP contribution in [0.4, 0.5) is 0 Å². The molecule has 0 radical (unpaired) electrons. The van der Waals surface area contributed by atoms with Crippen molar-refractivity contribution in [3.05, 3.63) is 58.7 Å². The van der Waals surface area contributed by atoms with E-state index in [1.165, 1.54) is 127 Å². The second-order valence-corrected chi connectivity index (χ2v) is 15.0. The summed E-state index contributed by atoms with van der Waals surface area (Å²) in [5, 5.41) is 21.9. The molecule has 270 valence electrons. The maximum absolute atomic E-state index is 11.2. The van der Waals surface area contributed by atoms with Crippen molar-refractivity contribution >= 4 is 17.2 Å². The van der Waals surface area contributed by atoms with E-state index in [4.69, 9.17) is 19.6 Å². The first-order chi connectivity index (χ1) is 22.6. The summed E-state index contributed by atoms with van der Waals surface area (Å²) in [6.07, 6.45) is 27.4. The van der Waals surface area contributed by atoms with Gasteiger partial charge in [-0.25, -0.2) is 4.31 Å². The normalized spacial score (nSPS) is 11.7. The standard InChI is InChI=1S/C38H62O2.H4O5P2/c1-5-7-9-11-13-15-16-17-19-21-23-27-33-32(26-22-20-18-14-12-10-8-6-2)30-31-36(40)37(33)38(3,4)34-28-24-25-29-35(34)39;1-6(2)5-7(3)4/h24-25,28-31,39-40H,5-23,26-27H2,1-4H3;1-4H. The molecular formula is C38H66O7P2. The monoisotopic (exact) mass is 696 g/mol. The number of hydrogen-bond donors (Lipinski definition) is 6. The topological polar surface area (TPSA) is 131 Å². The quantitative estimate of drug-likeness (QED) is 0.0450. The third kappa shape index (κ3) is 18.9. The van der Waals surface area contributed by atoms with Crippen LogP contribution in [0.15, 0.2) is 36.4 Å². The fraction of sp³-hybridized carbons (Fsp3) is 0.684. The van der Waals surface area contributed by atoms with Gasteiger partial charge in [-0.2, -0.15) is 0 Å². The molecule has 0 saturated heterocycles. The lowest BCUT2D eigenvalue weighted by Gasteiger charge is -2.31. The number of phenolic OH excluding ortho intramolecular Hbond substituents is 2. The highest BCUT2D eigenvalue weighted by molar-refractivity contribution is 7.53. The molecule has 9 heteroatoms. The number of rotatable bonds is 25. The van der Waals surface area contributed by atoms with Gasteiger partial charge in [-0.05, 0) is 48.9 Å². The molecule has 0 aliphatic carbocycles. The molecule has 0 atom stereocenters. The zero-order chi connectivity index (χ0) is 34.9. The first kappa shape index (κ1) is 43.7. The summed E-state index contributed by atoms with van der Waals surface area (Å²) in [5.74, 6) is 0.673. The maximum Gasteiger partial charge on any atom is 0.334 e. The molecule has 7 nitrogen and oxygen atoms in total. The third-order valence-corrected chi connectivity index (χ3v) is 10.2. The molecule has 0 aliphatic heterocycles. The van der Waals surface area contributed by atoms with Crippen molar-refractivity contribution in [2.45, 2.75) is 168 Å². The average molecular weight is 697 g/mol. The molecular weight excluding hydrogens is 630 g/mol. The number of phenols is 2. The third-order valence-electron chi connectivity index (χ3n) is 9.07. The fourth-order valence-corrected chi connectivity index (χ4v) is 7.04. The highest BCUT2D eigenvalue weighted by atomic mass is 31.2. The molecule has 2 rings (SSSR count). The van der Waals surface area contributed by atoms with E-state index in [9.17, 15) is 10.2 Å². The summed E-state index contributed by atoms with van der Waals surface area (Å²) < 4.78 is 3.60. The zero-order valence-electron chi connectivity index (χ0n) is 29.8. The molecule has 0 heterocycles. The van der Waals surface area contributed by atoms with E-state index in [1.807, 2.05) is 24.3 Å². The minimum atomic E-state index is -2.61. The van der Waals surface area contributed by atoms with Crippen molar-refractivity contribution in [2.24, 2.45) is 0 Å². The van der Waals surface area contributed by atoms with Crippen LogP contribution < -0.4 is 0 Å². The summed E-state index contributed by atoms with van der Waals surface area (Å²) in [7, 11) is -5.22. The number of aromatic hydroxyl groups is 2. The number of aryl methyl sites for hydroxylation is 1. The van der Waals surface area contributed by atoms with E-state index >= 15 is 0 Å². The van der Waals surface area contributed by atoms with Gasteiger partial charge in [-0.1, -0.05) is 161 Å². The molecule has 0 saturated carbocycles. The van der Waals surface area contributed by atoms with Gasteiger partial charge >= 0.3 is 17.2 Å². The summed E-state index contributed by atoms with van der Waals surface area (Å²) >= 11 is 0. The molecule has 0 bridgehead atoms. The first-order valence-electron chi connectivity index (χ1n) is 18.2. The summed E-state index contributed by atoms with van der Waals surface area (Å²) in [4.78, 5) is 31.3. The molecule has 0 fully saturated rings. The van der Waals surface area contributed by atoms with Crippen LogP contribution in [0.3, 0.4) is 0 Å². The van der Waals surface area contributed by atoms with E-state index in [0.29, 0.717) is 11.5 Å². The van der Waals surface area contributed by atoms with Crippen LogP contribution in [0.2, 0.25) is 0 Å². The van der Waals surface area contributed by atoms with Gasteiger partial charge in [0, 0.05) is 16.5 Å². The lowest BCUT2D eigenvalue weighted by molar-refractivity contribution is 0.324. The van der Waals surface area contributed by atoms with Crippen molar-refractivity contribution in [3.8, 4) is 11.5 Å². The molecule has 47 heavy (non-hydrogen) atoms. The van der Waals surface area contributed by atoms with Gasteiger partial charge in [0.25, 0.3) is 0 Å². The molecule has 2 aromatic rings. The van der Waals surface area contributed by atoms with Crippen LogP contribution >= 0.6 is 17.2 Å². The SMILES string of the molecule is CCCCCCCCCCCCCc1c(CCCCCCCCCC)ccc(O)c1C(C)(C)c1ccccc1O.OP(O)OP(O)O. The largest absolute Gasteiger partial charge is 0.508 e. The van der Waals surface area contributed by atoms with Gasteiger partial charge in [0.2, 0.25) is 0 Å². The van der Waals surface area contributed by atoms with Crippen molar-refractivity contribution < 1.29 is 34.1 Å². The Hall–Kier alpha value is -1.30. The minimum Gasteiger partial charge on any atom is -0.508 e. The van der Waals surface area contributed by atoms with Gasteiger partial charge in [-0.15, -0.1) is 0 Å². The van der Waals surface area contributed by atoms with E-state index in [0.717, 1.165) is 30.4 Å². The molecule has 0 unspecified atom stereocenters. The van der Waals surface area contributed by atoms with Crippen LogP contribution in [0, 0.1) is 0 Å². The van der Waals surface area contributed by atoms with Gasteiger partial charge < -0.3 is 29.8 Å². The Labute approximate surface area is 288 Å². The average Bonchev–Trinajstić information content (AvgIpc) is 3.01.